The van der Waals surface area contributed by atoms with Crippen LogP contribution in [0.3, 0.4) is 0 Å². The highest BCUT2D eigenvalue weighted by Gasteiger charge is 2.29. The molecule has 0 saturated heterocycles. The van der Waals surface area contributed by atoms with Crippen molar-refractivity contribution in [2.45, 2.75) is 63.0 Å². The maximum Gasteiger partial charge on any atom is 0.0207 e. The monoisotopic (exact) mass is 291 g/mol. The van der Waals surface area contributed by atoms with Gasteiger partial charge in [-0.05, 0) is 44.7 Å². The van der Waals surface area contributed by atoms with E-state index in [9.17, 15) is 0 Å². The van der Waals surface area contributed by atoms with Gasteiger partial charge in [0.1, 0.15) is 0 Å². The fourth-order valence-corrected chi connectivity index (χ4v) is 4.90. The van der Waals surface area contributed by atoms with Crippen molar-refractivity contribution in [1.82, 2.24) is 5.32 Å². The van der Waals surface area contributed by atoms with Gasteiger partial charge in [0, 0.05) is 17.0 Å². The molecule has 0 heterocycles. The van der Waals surface area contributed by atoms with E-state index in [0.29, 0.717) is 6.04 Å². The molecule has 1 aromatic rings. The van der Waals surface area contributed by atoms with E-state index in [2.05, 4.69) is 62.2 Å². The largest absolute Gasteiger partial charge is 0.316 e. The Morgan fingerprint density at radius 2 is 2.15 bits per heavy atom. The Morgan fingerprint density at radius 3 is 2.85 bits per heavy atom. The van der Waals surface area contributed by atoms with Gasteiger partial charge in [0.15, 0.2) is 0 Å². The van der Waals surface area contributed by atoms with E-state index in [1.807, 2.05) is 0 Å². The first-order valence-corrected chi connectivity index (χ1v) is 9.12. The van der Waals surface area contributed by atoms with Gasteiger partial charge in [0.05, 0.1) is 0 Å². The highest BCUT2D eigenvalue weighted by Crippen LogP contribution is 2.36. The van der Waals surface area contributed by atoms with Crippen molar-refractivity contribution in [3.8, 4) is 0 Å². The molecule has 0 radical (unpaired) electrons. The molecule has 0 aliphatic heterocycles. The summed E-state index contributed by atoms with van der Waals surface area (Å²) in [4.78, 5) is 0. The molecule has 1 nitrogen and oxygen atoms in total. The third kappa shape index (κ3) is 4.53. The van der Waals surface area contributed by atoms with Crippen LogP contribution in [-0.2, 0) is 5.75 Å². The van der Waals surface area contributed by atoms with Crippen molar-refractivity contribution in [3.05, 3.63) is 35.4 Å². The van der Waals surface area contributed by atoms with Crippen LogP contribution < -0.4 is 5.32 Å². The Hall–Kier alpha value is -0.470. The van der Waals surface area contributed by atoms with Crippen molar-refractivity contribution in [2.24, 2.45) is 5.92 Å². The number of nitrogens with one attached hydrogen (secondary N) is 1. The smallest absolute Gasteiger partial charge is 0.0207 e. The Morgan fingerprint density at radius 1 is 1.30 bits per heavy atom. The molecule has 1 saturated carbocycles. The predicted molar refractivity (Wildman–Crippen MR) is 91.4 cm³/mol. The van der Waals surface area contributed by atoms with Crippen molar-refractivity contribution in [1.29, 1.82) is 0 Å². The first-order chi connectivity index (χ1) is 9.72. The van der Waals surface area contributed by atoms with Gasteiger partial charge in [-0.1, -0.05) is 49.6 Å². The molecule has 1 aromatic carbocycles. The second kappa shape index (κ2) is 8.09. The maximum atomic E-state index is 3.54. The van der Waals surface area contributed by atoms with Crippen molar-refractivity contribution in [3.63, 3.8) is 0 Å². The zero-order chi connectivity index (χ0) is 14.4. The zero-order valence-electron chi connectivity index (χ0n) is 13.2. The lowest BCUT2D eigenvalue weighted by Gasteiger charge is -2.35. The molecule has 1 aliphatic carbocycles. The van der Waals surface area contributed by atoms with E-state index < -0.39 is 0 Å². The summed E-state index contributed by atoms with van der Waals surface area (Å²) < 4.78 is 0. The van der Waals surface area contributed by atoms with Crippen LogP contribution in [0.25, 0.3) is 0 Å². The summed E-state index contributed by atoms with van der Waals surface area (Å²) >= 11 is 2.16. The minimum absolute atomic E-state index is 0.706. The van der Waals surface area contributed by atoms with E-state index in [0.717, 1.165) is 16.9 Å². The van der Waals surface area contributed by atoms with Crippen LogP contribution in [0, 0.1) is 12.8 Å². The van der Waals surface area contributed by atoms with E-state index >= 15 is 0 Å². The summed E-state index contributed by atoms with van der Waals surface area (Å²) in [5.74, 6) is 2.11. The fraction of sp³-hybridized carbons (Fsp3) is 0.667. The lowest BCUT2D eigenvalue weighted by Crippen LogP contribution is -2.40. The quantitative estimate of drug-likeness (QED) is 0.809. The van der Waals surface area contributed by atoms with Gasteiger partial charge < -0.3 is 5.32 Å². The molecular formula is C18H29NS. The molecule has 0 bridgehead atoms. The Bertz CT molecular complexity index is 404. The van der Waals surface area contributed by atoms with Gasteiger partial charge in [0.25, 0.3) is 0 Å². The van der Waals surface area contributed by atoms with Gasteiger partial charge in [-0.3, -0.25) is 0 Å². The predicted octanol–water partition coefficient (Wildman–Crippen LogP) is 4.79. The lowest BCUT2D eigenvalue weighted by atomic mass is 9.83. The molecule has 1 aliphatic rings. The van der Waals surface area contributed by atoms with Crippen LogP contribution in [0.1, 0.15) is 50.2 Å². The van der Waals surface area contributed by atoms with E-state index in [1.165, 1.54) is 43.2 Å². The molecule has 2 heteroatoms. The van der Waals surface area contributed by atoms with E-state index in [-0.39, 0.29) is 0 Å². The summed E-state index contributed by atoms with van der Waals surface area (Å²) in [5.41, 5.74) is 2.85. The first kappa shape index (κ1) is 15.9. The summed E-state index contributed by atoms with van der Waals surface area (Å²) in [7, 11) is 2.13. The van der Waals surface area contributed by atoms with Crippen LogP contribution in [0.2, 0.25) is 0 Å². The van der Waals surface area contributed by atoms with Gasteiger partial charge in [-0.15, -0.1) is 0 Å². The number of hydrogen-bond donors (Lipinski definition) is 1. The molecule has 3 atom stereocenters. The molecule has 2 rings (SSSR count). The Balaban J connectivity index is 1.90. The number of aryl methyl sites for hydroxylation is 1. The van der Waals surface area contributed by atoms with Crippen LogP contribution >= 0.6 is 11.8 Å². The number of benzene rings is 1. The summed E-state index contributed by atoms with van der Waals surface area (Å²) in [5, 5.41) is 4.33. The zero-order valence-corrected chi connectivity index (χ0v) is 14.0. The summed E-state index contributed by atoms with van der Waals surface area (Å²) in [6.07, 6.45) is 6.92. The third-order valence-electron chi connectivity index (χ3n) is 4.51. The second-order valence-corrected chi connectivity index (χ2v) is 7.43. The molecular weight excluding hydrogens is 262 g/mol. The highest BCUT2D eigenvalue weighted by atomic mass is 32.2. The standard InChI is InChI=1S/C18H29NS/c1-4-6-15-9-10-17(19-3)18(12-15)20-13-16-8-5-7-14(2)11-16/h5,7-8,11,15,17-19H,4,6,9-10,12-13H2,1-3H3. The summed E-state index contributed by atoms with van der Waals surface area (Å²) in [6.45, 7) is 4.50. The normalized spacial score (nSPS) is 26.6. The average molecular weight is 292 g/mol. The molecule has 0 amide bonds. The minimum Gasteiger partial charge on any atom is -0.316 e. The molecule has 0 aromatic heterocycles. The molecule has 1 fully saturated rings. The van der Waals surface area contributed by atoms with Gasteiger partial charge in [-0.25, -0.2) is 0 Å². The summed E-state index contributed by atoms with van der Waals surface area (Å²) in [6, 6.07) is 9.66. The molecule has 112 valence electrons. The molecule has 20 heavy (non-hydrogen) atoms. The Labute approximate surface area is 128 Å². The molecule has 3 unspecified atom stereocenters. The lowest BCUT2D eigenvalue weighted by molar-refractivity contribution is 0.295. The van der Waals surface area contributed by atoms with Crippen molar-refractivity contribution < 1.29 is 0 Å². The van der Waals surface area contributed by atoms with Crippen LogP contribution in [0.5, 0.6) is 0 Å². The highest BCUT2D eigenvalue weighted by molar-refractivity contribution is 7.99. The first-order valence-electron chi connectivity index (χ1n) is 8.07. The third-order valence-corrected chi connectivity index (χ3v) is 5.96. The van der Waals surface area contributed by atoms with E-state index in [4.69, 9.17) is 0 Å². The molecule has 0 spiro atoms. The van der Waals surface area contributed by atoms with Gasteiger partial charge in [0.2, 0.25) is 0 Å². The SMILES string of the molecule is CCCC1CCC(NC)C(SCc2cccc(C)c2)C1. The molecule has 1 N–H and O–H groups in total. The van der Waals surface area contributed by atoms with Crippen LogP contribution in [-0.4, -0.2) is 18.3 Å². The fourth-order valence-electron chi connectivity index (χ4n) is 3.40. The average Bonchev–Trinajstić information content (AvgIpc) is 2.46. The maximum absolute atomic E-state index is 3.54. The van der Waals surface area contributed by atoms with Gasteiger partial charge >= 0.3 is 0 Å². The number of rotatable bonds is 6. The van der Waals surface area contributed by atoms with E-state index in [1.54, 1.807) is 0 Å². The van der Waals surface area contributed by atoms with Crippen molar-refractivity contribution in [2.75, 3.05) is 7.05 Å². The minimum atomic E-state index is 0.706. The van der Waals surface area contributed by atoms with Crippen LogP contribution in [0.4, 0.5) is 0 Å². The second-order valence-electron chi connectivity index (χ2n) is 6.20. The number of thioether (sulfide) groups is 1. The van der Waals surface area contributed by atoms with Gasteiger partial charge in [-0.2, -0.15) is 11.8 Å². The van der Waals surface area contributed by atoms with Crippen LogP contribution in [0.15, 0.2) is 24.3 Å². The van der Waals surface area contributed by atoms with Crippen molar-refractivity contribution >= 4 is 11.8 Å². The topological polar surface area (TPSA) is 12.0 Å². The number of hydrogen-bond acceptors (Lipinski definition) is 2. The Kier molecular flexibility index (Phi) is 6.44.